The minimum atomic E-state index is -0.167. The molecule has 1 aliphatic heterocycles. The average Bonchev–Trinajstić information content (AvgIpc) is 3.11. The fourth-order valence-electron chi connectivity index (χ4n) is 3.64. The first kappa shape index (κ1) is 15.0. The molecule has 1 aliphatic carbocycles. The zero-order valence-electron chi connectivity index (χ0n) is 12.5. The van der Waals surface area contributed by atoms with Crippen molar-refractivity contribution in [1.29, 1.82) is 0 Å². The second-order valence-electron chi connectivity index (χ2n) is 6.03. The van der Waals surface area contributed by atoms with E-state index in [-0.39, 0.29) is 11.5 Å². The largest absolute Gasteiger partial charge is 0.384 e. The van der Waals surface area contributed by atoms with Crippen LogP contribution in [0.15, 0.2) is 17.5 Å². The quantitative estimate of drug-likeness (QED) is 0.857. The van der Waals surface area contributed by atoms with Gasteiger partial charge in [-0.05, 0) is 24.3 Å². The number of hydrogen-bond donors (Lipinski definition) is 0. The van der Waals surface area contributed by atoms with Crippen molar-refractivity contribution in [3.8, 4) is 0 Å². The predicted octanol–water partition coefficient (Wildman–Crippen LogP) is 2.33. The Morgan fingerprint density at radius 1 is 1.62 bits per heavy atom. The van der Waals surface area contributed by atoms with Gasteiger partial charge in [0.15, 0.2) is 0 Å². The van der Waals surface area contributed by atoms with E-state index in [4.69, 9.17) is 9.47 Å². The monoisotopic (exact) mass is 309 g/mol. The lowest BCUT2D eigenvalue weighted by molar-refractivity contribution is -0.160. The van der Waals surface area contributed by atoms with Crippen molar-refractivity contribution in [3.63, 3.8) is 0 Å². The van der Waals surface area contributed by atoms with Crippen LogP contribution in [0.25, 0.3) is 0 Å². The Morgan fingerprint density at radius 3 is 3.29 bits per heavy atom. The summed E-state index contributed by atoms with van der Waals surface area (Å²) in [4.78, 5) is 15.7. The molecule has 0 radical (unpaired) electrons. The van der Waals surface area contributed by atoms with E-state index in [1.54, 1.807) is 18.4 Å². The lowest BCUT2D eigenvalue weighted by atomic mass is 9.89. The Balaban J connectivity index is 1.66. The van der Waals surface area contributed by atoms with Crippen molar-refractivity contribution in [2.75, 3.05) is 33.4 Å². The van der Waals surface area contributed by atoms with Gasteiger partial charge in [0.25, 0.3) is 0 Å². The van der Waals surface area contributed by atoms with Crippen molar-refractivity contribution >= 4 is 17.2 Å². The highest BCUT2D eigenvalue weighted by Crippen LogP contribution is 2.41. The molecule has 2 heterocycles. The molecular formula is C16H23NO3S. The SMILES string of the molecule is COC[C@@H]1CCC[C@@]12CN(C(=O)Cc1cccs1)CCO2. The molecule has 1 saturated carbocycles. The molecule has 1 amide bonds. The number of nitrogens with zero attached hydrogens (tertiary/aromatic N) is 1. The number of carbonyl (C=O) groups excluding carboxylic acids is 1. The molecule has 2 aliphatic rings. The first-order valence-corrected chi connectivity index (χ1v) is 8.54. The summed E-state index contributed by atoms with van der Waals surface area (Å²) in [6.45, 7) is 2.82. The van der Waals surface area contributed by atoms with Crippen molar-refractivity contribution in [2.45, 2.75) is 31.3 Å². The molecule has 4 nitrogen and oxygen atoms in total. The van der Waals surface area contributed by atoms with Crippen LogP contribution < -0.4 is 0 Å². The van der Waals surface area contributed by atoms with Crippen LogP contribution >= 0.6 is 11.3 Å². The van der Waals surface area contributed by atoms with E-state index >= 15 is 0 Å². The van der Waals surface area contributed by atoms with Gasteiger partial charge < -0.3 is 14.4 Å². The third-order valence-electron chi connectivity index (χ3n) is 4.73. The summed E-state index contributed by atoms with van der Waals surface area (Å²) in [7, 11) is 1.74. The van der Waals surface area contributed by atoms with Gasteiger partial charge in [-0.1, -0.05) is 12.5 Å². The molecule has 21 heavy (non-hydrogen) atoms. The summed E-state index contributed by atoms with van der Waals surface area (Å²) < 4.78 is 11.5. The maximum Gasteiger partial charge on any atom is 0.228 e. The number of morpholine rings is 1. The van der Waals surface area contributed by atoms with Crippen LogP contribution in [0.3, 0.4) is 0 Å². The fourth-order valence-corrected chi connectivity index (χ4v) is 4.34. The van der Waals surface area contributed by atoms with Crippen LogP contribution in [-0.2, 0) is 20.7 Å². The number of amides is 1. The lowest BCUT2D eigenvalue weighted by Crippen LogP contribution is -2.56. The minimum Gasteiger partial charge on any atom is -0.384 e. The molecule has 1 aromatic heterocycles. The summed E-state index contributed by atoms with van der Waals surface area (Å²) in [6, 6.07) is 4.03. The molecule has 0 N–H and O–H groups in total. The highest BCUT2D eigenvalue weighted by molar-refractivity contribution is 7.10. The maximum absolute atomic E-state index is 12.5. The molecule has 0 unspecified atom stereocenters. The number of hydrogen-bond acceptors (Lipinski definition) is 4. The maximum atomic E-state index is 12.5. The average molecular weight is 309 g/mol. The van der Waals surface area contributed by atoms with Crippen molar-refractivity contribution < 1.29 is 14.3 Å². The standard InChI is InChI=1S/C16H23NO3S/c1-19-11-13-4-2-6-16(13)12-17(7-8-20-16)15(18)10-14-5-3-9-21-14/h3,5,9,13H,2,4,6-8,10-12H2,1H3/t13-,16+/m0/s1. The summed E-state index contributed by atoms with van der Waals surface area (Å²) in [6.07, 6.45) is 3.87. The van der Waals surface area contributed by atoms with E-state index in [0.717, 1.165) is 30.9 Å². The highest BCUT2D eigenvalue weighted by atomic mass is 32.1. The summed E-state index contributed by atoms with van der Waals surface area (Å²) in [5.41, 5.74) is -0.167. The number of rotatable bonds is 4. The van der Waals surface area contributed by atoms with Crippen LogP contribution in [0.2, 0.25) is 0 Å². The first-order valence-electron chi connectivity index (χ1n) is 7.66. The van der Waals surface area contributed by atoms with Crippen molar-refractivity contribution in [1.82, 2.24) is 4.90 Å². The van der Waals surface area contributed by atoms with Gasteiger partial charge in [-0.25, -0.2) is 0 Å². The van der Waals surface area contributed by atoms with Gasteiger partial charge in [0, 0.05) is 24.4 Å². The van der Waals surface area contributed by atoms with Crippen LogP contribution in [0, 0.1) is 5.92 Å². The zero-order valence-corrected chi connectivity index (χ0v) is 13.4. The highest BCUT2D eigenvalue weighted by Gasteiger charge is 2.47. The number of methoxy groups -OCH3 is 1. The minimum absolute atomic E-state index is 0.167. The smallest absolute Gasteiger partial charge is 0.228 e. The van der Waals surface area contributed by atoms with Gasteiger partial charge in [-0.3, -0.25) is 4.79 Å². The lowest BCUT2D eigenvalue weighted by Gasteiger charge is -2.44. The number of ether oxygens (including phenoxy) is 2. The van der Waals surface area contributed by atoms with E-state index < -0.39 is 0 Å². The van der Waals surface area contributed by atoms with E-state index in [1.165, 1.54) is 6.42 Å². The Morgan fingerprint density at radius 2 is 2.52 bits per heavy atom. The Labute approximate surface area is 130 Å². The summed E-state index contributed by atoms with van der Waals surface area (Å²) in [5.74, 6) is 0.642. The molecule has 1 aromatic rings. The Hall–Kier alpha value is -0.910. The predicted molar refractivity (Wildman–Crippen MR) is 82.5 cm³/mol. The summed E-state index contributed by atoms with van der Waals surface area (Å²) in [5, 5.41) is 2.02. The van der Waals surface area contributed by atoms with Crippen LogP contribution in [0.4, 0.5) is 0 Å². The van der Waals surface area contributed by atoms with E-state index in [1.807, 2.05) is 22.4 Å². The molecule has 2 atom stereocenters. The van der Waals surface area contributed by atoms with E-state index in [0.29, 0.717) is 25.5 Å². The molecule has 1 spiro atoms. The van der Waals surface area contributed by atoms with Gasteiger partial charge in [-0.15, -0.1) is 11.3 Å². The van der Waals surface area contributed by atoms with Crippen LogP contribution in [-0.4, -0.2) is 49.8 Å². The van der Waals surface area contributed by atoms with Gasteiger partial charge >= 0.3 is 0 Å². The zero-order chi connectivity index (χ0) is 14.7. The van der Waals surface area contributed by atoms with E-state index in [2.05, 4.69) is 0 Å². The van der Waals surface area contributed by atoms with Gasteiger partial charge in [0.1, 0.15) is 0 Å². The molecule has 1 saturated heterocycles. The van der Waals surface area contributed by atoms with Crippen molar-refractivity contribution in [2.24, 2.45) is 5.92 Å². The third-order valence-corrected chi connectivity index (χ3v) is 5.61. The Kier molecular flexibility index (Phi) is 4.62. The van der Waals surface area contributed by atoms with Gasteiger partial charge in [0.05, 0.1) is 31.8 Å². The molecule has 2 fully saturated rings. The van der Waals surface area contributed by atoms with Crippen molar-refractivity contribution in [3.05, 3.63) is 22.4 Å². The van der Waals surface area contributed by atoms with Gasteiger partial charge in [0.2, 0.25) is 5.91 Å². The fraction of sp³-hybridized carbons (Fsp3) is 0.688. The topological polar surface area (TPSA) is 38.8 Å². The molecule has 5 heteroatoms. The molecular weight excluding hydrogens is 286 g/mol. The Bertz CT molecular complexity index is 476. The third kappa shape index (κ3) is 3.15. The van der Waals surface area contributed by atoms with E-state index in [9.17, 15) is 4.79 Å². The molecule has 116 valence electrons. The molecule has 0 aromatic carbocycles. The van der Waals surface area contributed by atoms with Crippen LogP contribution in [0.5, 0.6) is 0 Å². The summed E-state index contributed by atoms with van der Waals surface area (Å²) >= 11 is 1.65. The first-order chi connectivity index (χ1) is 10.2. The second kappa shape index (κ2) is 6.46. The van der Waals surface area contributed by atoms with Crippen LogP contribution in [0.1, 0.15) is 24.1 Å². The van der Waals surface area contributed by atoms with Gasteiger partial charge in [-0.2, -0.15) is 0 Å². The normalized spacial score (nSPS) is 29.2. The number of thiophene rings is 1. The second-order valence-corrected chi connectivity index (χ2v) is 7.06. The molecule has 0 bridgehead atoms. The number of carbonyl (C=O) groups is 1. The molecule has 3 rings (SSSR count).